The Kier molecular flexibility index (Phi) is 5.20. The van der Waals surface area contributed by atoms with Gasteiger partial charge in [-0.3, -0.25) is 4.79 Å². The van der Waals surface area contributed by atoms with E-state index in [1.54, 1.807) is 12.4 Å². The van der Waals surface area contributed by atoms with Crippen LogP contribution >= 0.6 is 0 Å². The van der Waals surface area contributed by atoms with Crippen LogP contribution in [-0.2, 0) is 4.79 Å². The molecular weight excluding hydrogens is 352 g/mol. The van der Waals surface area contributed by atoms with Crippen molar-refractivity contribution in [2.75, 3.05) is 29.9 Å². The van der Waals surface area contributed by atoms with E-state index >= 15 is 0 Å². The zero-order chi connectivity index (χ0) is 19.3. The number of benzene rings is 1. The minimum atomic E-state index is 0.161. The standard InChI is InChI=1S/C21H22N6O/c22-11-16-5-1-2-6-19(16)24-12-17(28)10-15-4-3-9-27(13-15)21-18-7-8-23-20(18)25-14-26-21/h1-2,5-8,14-15,24H,3-4,9-10,12-13H2,(H,23,25,26)/t15-/m0/s1. The fourth-order valence-corrected chi connectivity index (χ4v) is 3.86. The van der Waals surface area contributed by atoms with E-state index in [4.69, 9.17) is 5.26 Å². The Morgan fingerprint density at radius 3 is 3.11 bits per heavy atom. The summed E-state index contributed by atoms with van der Waals surface area (Å²) in [4.78, 5) is 26.6. The summed E-state index contributed by atoms with van der Waals surface area (Å²) < 4.78 is 0. The molecule has 0 radical (unpaired) electrons. The van der Waals surface area contributed by atoms with E-state index in [0.29, 0.717) is 23.6 Å². The van der Waals surface area contributed by atoms with Gasteiger partial charge in [-0.1, -0.05) is 12.1 Å². The average Bonchev–Trinajstić information content (AvgIpc) is 3.21. The van der Waals surface area contributed by atoms with E-state index in [2.05, 4.69) is 31.2 Å². The molecule has 0 spiro atoms. The monoisotopic (exact) mass is 374 g/mol. The molecule has 142 valence electrons. The summed E-state index contributed by atoms with van der Waals surface area (Å²) in [5.41, 5.74) is 2.10. The molecule has 1 saturated heterocycles. The number of piperidine rings is 1. The predicted octanol–water partition coefficient (Wildman–Crippen LogP) is 3.12. The molecule has 0 bridgehead atoms. The second kappa shape index (κ2) is 8.09. The second-order valence-electron chi connectivity index (χ2n) is 7.15. The Balaban J connectivity index is 1.37. The third kappa shape index (κ3) is 3.81. The van der Waals surface area contributed by atoms with E-state index in [1.165, 1.54) is 0 Å². The number of nitrogens with one attached hydrogen (secondary N) is 2. The molecule has 1 aromatic carbocycles. The van der Waals surface area contributed by atoms with E-state index in [0.717, 1.165) is 42.8 Å². The molecule has 1 aliphatic rings. The zero-order valence-corrected chi connectivity index (χ0v) is 15.6. The number of fused-ring (bicyclic) bond motifs is 1. The van der Waals surface area contributed by atoms with E-state index in [1.807, 2.05) is 30.5 Å². The van der Waals surface area contributed by atoms with Crippen molar-refractivity contribution in [1.82, 2.24) is 15.0 Å². The first-order chi connectivity index (χ1) is 13.7. The fraction of sp³-hybridized carbons (Fsp3) is 0.333. The third-order valence-electron chi connectivity index (χ3n) is 5.19. The highest BCUT2D eigenvalue weighted by atomic mass is 16.1. The Labute approximate surface area is 163 Å². The van der Waals surface area contributed by atoms with Crippen LogP contribution < -0.4 is 10.2 Å². The topological polar surface area (TPSA) is 97.7 Å². The van der Waals surface area contributed by atoms with Crippen molar-refractivity contribution >= 4 is 28.3 Å². The number of Topliss-reactive ketones (excluding diaryl/α,β-unsaturated/α-hetero) is 1. The zero-order valence-electron chi connectivity index (χ0n) is 15.6. The third-order valence-corrected chi connectivity index (χ3v) is 5.19. The lowest BCUT2D eigenvalue weighted by Gasteiger charge is -2.33. The first kappa shape index (κ1) is 18.0. The van der Waals surface area contributed by atoms with E-state index in [9.17, 15) is 4.79 Å². The second-order valence-corrected chi connectivity index (χ2v) is 7.15. The highest BCUT2D eigenvalue weighted by Gasteiger charge is 2.24. The Bertz CT molecular complexity index is 1020. The van der Waals surface area contributed by atoms with E-state index in [-0.39, 0.29) is 12.3 Å². The number of nitrogens with zero attached hydrogens (tertiary/aromatic N) is 4. The number of rotatable bonds is 6. The number of carbonyl (C=O) groups is 1. The van der Waals surface area contributed by atoms with Gasteiger partial charge in [0.25, 0.3) is 0 Å². The fourth-order valence-electron chi connectivity index (χ4n) is 3.86. The number of hydrogen-bond donors (Lipinski definition) is 2. The minimum Gasteiger partial charge on any atom is -0.377 e. The van der Waals surface area contributed by atoms with Crippen LogP contribution in [0.1, 0.15) is 24.8 Å². The van der Waals surface area contributed by atoms with Gasteiger partial charge in [-0.15, -0.1) is 0 Å². The van der Waals surface area contributed by atoms with Crippen LogP contribution in [0.5, 0.6) is 0 Å². The van der Waals surface area contributed by atoms with Crippen molar-refractivity contribution in [3.63, 3.8) is 0 Å². The quantitative estimate of drug-likeness (QED) is 0.688. The van der Waals surface area contributed by atoms with Crippen LogP contribution in [0.3, 0.4) is 0 Å². The minimum absolute atomic E-state index is 0.161. The summed E-state index contributed by atoms with van der Waals surface area (Å²) in [5.74, 6) is 1.40. The number of hydrogen-bond acceptors (Lipinski definition) is 6. The van der Waals surface area contributed by atoms with Crippen LogP contribution in [0.15, 0.2) is 42.9 Å². The number of nitriles is 1. The smallest absolute Gasteiger partial charge is 0.152 e. The van der Waals surface area contributed by atoms with Gasteiger partial charge in [-0.2, -0.15) is 5.26 Å². The molecule has 0 saturated carbocycles. The maximum absolute atomic E-state index is 12.5. The SMILES string of the molecule is N#Cc1ccccc1NCC(=O)C[C@@H]1CCCN(c2ncnc3[nH]ccc23)C1. The van der Waals surface area contributed by atoms with Crippen molar-refractivity contribution in [1.29, 1.82) is 5.26 Å². The summed E-state index contributed by atoms with van der Waals surface area (Å²) in [5, 5.41) is 13.3. The number of anilines is 2. The molecule has 3 aromatic rings. The Morgan fingerprint density at radius 2 is 2.21 bits per heavy atom. The maximum Gasteiger partial charge on any atom is 0.152 e. The Morgan fingerprint density at radius 1 is 1.32 bits per heavy atom. The van der Waals surface area contributed by atoms with Gasteiger partial charge < -0.3 is 15.2 Å². The number of carbonyl (C=O) groups excluding carboxylic acids is 1. The molecular formula is C21H22N6O. The number of ketones is 1. The van der Waals surface area contributed by atoms with Gasteiger partial charge in [-0.25, -0.2) is 9.97 Å². The molecule has 1 atom stereocenters. The van der Waals surface area contributed by atoms with Crippen molar-refractivity contribution in [3.8, 4) is 6.07 Å². The highest BCUT2D eigenvalue weighted by molar-refractivity contribution is 5.87. The summed E-state index contributed by atoms with van der Waals surface area (Å²) in [6, 6.07) is 11.4. The summed E-state index contributed by atoms with van der Waals surface area (Å²) in [7, 11) is 0. The molecule has 3 heterocycles. The molecule has 0 unspecified atom stereocenters. The summed E-state index contributed by atoms with van der Waals surface area (Å²) in [6.07, 6.45) is 6.06. The molecule has 2 N–H and O–H groups in total. The van der Waals surface area contributed by atoms with Crippen molar-refractivity contribution in [2.24, 2.45) is 5.92 Å². The molecule has 1 fully saturated rings. The molecule has 4 rings (SSSR count). The highest BCUT2D eigenvalue weighted by Crippen LogP contribution is 2.28. The number of H-pyrrole nitrogens is 1. The first-order valence-corrected chi connectivity index (χ1v) is 9.52. The van der Waals surface area contributed by atoms with Gasteiger partial charge in [0.2, 0.25) is 0 Å². The molecule has 2 aromatic heterocycles. The van der Waals surface area contributed by atoms with Gasteiger partial charge >= 0.3 is 0 Å². The van der Waals surface area contributed by atoms with Crippen LogP contribution in [-0.4, -0.2) is 40.4 Å². The number of aromatic amines is 1. The molecule has 0 aliphatic carbocycles. The van der Waals surface area contributed by atoms with E-state index < -0.39 is 0 Å². The van der Waals surface area contributed by atoms with Crippen LogP contribution in [0.2, 0.25) is 0 Å². The number of para-hydroxylation sites is 1. The Hall–Kier alpha value is -3.40. The maximum atomic E-state index is 12.5. The van der Waals surface area contributed by atoms with Crippen LogP contribution in [0.4, 0.5) is 11.5 Å². The van der Waals surface area contributed by atoms with Crippen molar-refractivity contribution < 1.29 is 4.79 Å². The lowest BCUT2D eigenvalue weighted by molar-refractivity contribution is -0.118. The first-order valence-electron chi connectivity index (χ1n) is 9.52. The van der Waals surface area contributed by atoms with Gasteiger partial charge in [0.1, 0.15) is 23.9 Å². The van der Waals surface area contributed by atoms with Gasteiger partial charge in [0.15, 0.2) is 5.78 Å². The van der Waals surface area contributed by atoms with Gasteiger partial charge in [0, 0.05) is 25.7 Å². The van der Waals surface area contributed by atoms with Gasteiger partial charge in [-0.05, 0) is 37.0 Å². The molecule has 7 nitrogen and oxygen atoms in total. The molecule has 7 heteroatoms. The van der Waals surface area contributed by atoms with Gasteiger partial charge in [0.05, 0.1) is 23.2 Å². The van der Waals surface area contributed by atoms with Crippen molar-refractivity contribution in [3.05, 3.63) is 48.4 Å². The van der Waals surface area contributed by atoms with Crippen LogP contribution in [0.25, 0.3) is 11.0 Å². The lowest BCUT2D eigenvalue weighted by atomic mass is 9.92. The molecule has 0 amide bonds. The average molecular weight is 374 g/mol. The molecule has 28 heavy (non-hydrogen) atoms. The lowest BCUT2D eigenvalue weighted by Crippen LogP contribution is -2.37. The van der Waals surface area contributed by atoms with Crippen molar-refractivity contribution in [2.45, 2.75) is 19.3 Å². The summed E-state index contributed by atoms with van der Waals surface area (Å²) in [6.45, 7) is 2.00. The largest absolute Gasteiger partial charge is 0.377 e. The predicted molar refractivity (Wildman–Crippen MR) is 108 cm³/mol. The number of aromatic nitrogens is 3. The normalized spacial score (nSPS) is 16.7. The van der Waals surface area contributed by atoms with Crippen LogP contribution in [0, 0.1) is 17.2 Å². The summed E-state index contributed by atoms with van der Waals surface area (Å²) >= 11 is 0. The molecule has 1 aliphatic heterocycles.